The summed E-state index contributed by atoms with van der Waals surface area (Å²) < 4.78 is 5.31. The van der Waals surface area contributed by atoms with Gasteiger partial charge in [0.2, 0.25) is 0 Å². The molecule has 0 bridgehead atoms. The molecule has 1 aliphatic heterocycles. The van der Waals surface area contributed by atoms with E-state index in [4.69, 9.17) is 15.6 Å². The molecule has 4 heteroatoms. The number of aliphatic hydroxyl groups is 1. The van der Waals surface area contributed by atoms with E-state index in [1.54, 1.807) is 7.11 Å². The Morgan fingerprint density at radius 3 is 2.48 bits per heavy atom. The number of hydrogen-bond acceptors (Lipinski definition) is 4. The lowest BCUT2D eigenvalue weighted by atomic mass is 9.93. The molecule has 0 saturated carbocycles. The minimum atomic E-state index is 0.769. The van der Waals surface area contributed by atoms with Gasteiger partial charge in [0.05, 0.1) is 12.8 Å². The molecule has 0 radical (unpaired) electrons. The fourth-order valence-corrected chi connectivity index (χ4v) is 2.38. The molecular formula is C17H20N2O2. The molecule has 2 aromatic carbocycles. The average Bonchev–Trinajstić information content (AvgIpc) is 2.56. The summed E-state index contributed by atoms with van der Waals surface area (Å²) in [7, 11) is 2.69. The second kappa shape index (κ2) is 6.90. The topological polar surface area (TPSA) is 67.8 Å². The summed E-state index contributed by atoms with van der Waals surface area (Å²) in [5, 5.41) is 7.00. The van der Waals surface area contributed by atoms with Crippen LogP contribution in [0.15, 0.2) is 47.5 Å². The normalized spacial score (nSPS) is 12.6. The molecule has 21 heavy (non-hydrogen) atoms. The highest BCUT2D eigenvalue weighted by Crippen LogP contribution is 2.25. The monoisotopic (exact) mass is 284 g/mol. The summed E-state index contributed by atoms with van der Waals surface area (Å²) >= 11 is 0. The van der Waals surface area contributed by atoms with Crippen LogP contribution in [0.4, 0.5) is 5.69 Å². The Morgan fingerprint density at radius 2 is 1.81 bits per heavy atom. The van der Waals surface area contributed by atoms with Gasteiger partial charge in [0.1, 0.15) is 5.75 Å². The molecular weight excluding hydrogens is 264 g/mol. The molecule has 3 N–H and O–H groups in total. The van der Waals surface area contributed by atoms with Crippen molar-refractivity contribution >= 4 is 11.4 Å². The van der Waals surface area contributed by atoms with E-state index in [-0.39, 0.29) is 0 Å². The molecule has 0 spiro atoms. The van der Waals surface area contributed by atoms with Gasteiger partial charge in [-0.15, -0.1) is 0 Å². The maximum absolute atomic E-state index is 7.00. The molecule has 0 unspecified atom stereocenters. The zero-order chi connectivity index (χ0) is 15.2. The van der Waals surface area contributed by atoms with Crippen LogP contribution in [0.25, 0.3) is 0 Å². The Bertz CT molecular complexity index is 634. The Labute approximate surface area is 124 Å². The van der Waals surface area contributed by atoms with Gasteiger partial charge in [0.15, 0.2) is 0 Å². The van der Waals surface area contributed by atoms with Gasteiger partial charge in [-0.2, -0.15) is 0 Å². The van der Waals surface area contributed by atoms with Crippen molar-refractivity contribution in [3.63, 3.8) is 0 Å². The lowest BCUT2D eigenvalue weighted by Gasteiger charge is -2.18. The van der Waals surface area contributed by atoms with E-state index in [0.29, 0.717) is 0 Å². The van der Waals surface area contributed by atoms with E-state index in [1.807, 2.05) is 30.3 Å². The molecule has 0 saturated heterocycles. The van der Waals surface area contributed by atoms with E-state index >= 15 is 0 Å². The molecule has 0 atom stereocenters. The van der Waals surface area contributed by atoms with Crippen LogP contribution in [0, 0.1) is 0 Å². The van der Waals surface area contributed by atoms with E-state index in [0.717, 1.165) is 48.4 Å². The number of aliphatic hydroxyl groups excluding tert-OH is 1. The van der Waals surface area contributed by atoms with Crippen molar-refractivity contribution in [2.75, 3.05) is 26.5 Å². The van der Waals surface area contributed by atoms with E-state index < -0.39 is 0 Å². The standard InChI is InChI=1S/C16H16N2O.CH4O/c1-19-14-7-4-11-8-9-18-16(15(11)10-14)12-2-5-13(17)6-3-12;1-2/h2-7,10H,8-9,17H2,1H3;2H,1H3. The largest absolute Gasteiger partial charge is 0.497 e. The zero-order valence-corrected chi connectivity index (χ0v) is 12.3. The summed E-state index contributed by atoms with van der Waals surface area (Å²) in [6.45, 7) is 0.832. The van der Waals surface area contributed by atoms with Crippen LogP contribution in [0.5, 0.6) is 5.75 Å². The van der Waals surface area contributed by atoms with Crippen molar-refractivity contribution in [3.05, 3.63) is 59.2 Å². The van der Waals surface area contributed by atoms with E-state index in [2.05, 4.69) is 17.1 Å². The molecule has 0 fully saturated rings. The maximum atomic E-state index is 7.00. The van der Waals surface area contributed by atoms with Crippen molar-refractivity contribution in [1.29, 1.82) is 0 Å². The number of nitrogens with zero attached hydrogens (tertiary/aromatic N) is 1. The number of fused-ring (bicyclic) bond motifs is 1. The number of ether oxygens (including phenoxy) is 1. The quantitative estimate of drug-likeness (QED) is 0.831. The van der Waals surface area contributed by atoms with Crippen molar-refractivity contribution in [1.82, 2.24) is 0 Å². The summed E-state index contributed by atoms with van der Waals surface area (Å²) in [6, 6.07) is 14.0. The molecule has 3 rings (SSSR count). The second-order valence-electron chi connectivity index (χ2n) is 4.63. The Hall–Kier alpha value is -2.33. The molecule has 1 aliphatic rings. The smallest absolute Gasteiger partial charge is 0.119 e. The first kappa shape index (κ1) is 15.1. The van der Waals surface area contributed by atoms with Crippen molar-refractivity contribution in [2.24, 2.45) is 4.99 Å². The van der Waals surface area contributed by atoms with Crippen molar-refractivity contribution in [3.8, 4) is 5.75 Å². The molecule has 1 heterocycles. The first-order chi connectivity index (χ1) is 10.3. The summed E-state index contributed by atoms with van der Waals surface area (Å²) in [4.78, 5) is 4.67. The number of nitrogen functional groups attached to an aromatic ring is 1. The van der Waals surface area contributed by atoms with Crippen LogP contribution < -0.4 is 10.5 Å². The first-order valence-corrected chi connectivity index (χ1v) is 6.80. The van der Waals surface area contributed by atoms with Gasteiger partial charge in [0.25, 0.3) is 0 Å². The zero-order valence-electron chi connectivity index (χ0n) is 12.3. The lowest BCUT2D eigenvalue weighted by Crippen LogP contribution is -2.14. The van der Waals surface area contributed by atoms with Gasteiger partial charge in [0, 0.05) is 30.5 Å². The first-order valence-electron chi connectivity index (χ1n) is 6.80. The predicted molar refractivity (Wildman–Crippen MR) is 86.2 cm³/mol. The third kappa shape index (κ3) is 3.23. The van der Waals surface area contributed by atoms with Crippen LogP contribution in [0.1, 0.15) is 16.7 Å². The van der Waals surface area contributed by atoms with Gasteiger partial charge < -0.3 is 15.6 Å². The SMILES string of the molecule is CO.COc1ccc2c(c1)C(c1ccc(N)cc1)=NCC2. The highest BCUT2D eigenvalue weighted by atomic mass is 16.5. The molecule has 0 aromatic heterocycles. The minimum absolute atomic E-state index is 0.769. The summed E-state index contributed by atoms with van der Waals surface area (Å²) in [6.07, 6.45) is 0.984. The predicted octanol–water partition coefficient (Wildman–Crippen LogP) is 2.28. The summed E-state index contributed by atoms with van der Waals surface area (Å²) in [5.74, 6) is 0.865. The van der Waals surface area contributed by atoms with Crippen LogP contribution in [0.3, 0.4) is 0 Å². The molecule has 0 aliphatic carbocycles. The molecule has 110 valence electrons. The van der Waals surface area contributed by atoms with E-state index in [9.17, 15) is 0 Å². The number of benzene rings is 2. The second-order valence-corrected chi connectivity index (χ2v) is 4.63. The Balaban J connectivity index is 0.000000774. The van der Waals surface area contributed by atoms with Crippen molar-refractivity contribution < 1.29 is 9.84 Å². The number of nitrogens with two attached hydrogens (primary N) is 1. The van der Waals surface area contributed by atoms with Gasteiger partial charge in [-0.05, 0) is 36.2 Å². The van der Waals surface area contributed by atoms with Crippen LogP contribution in [-0.4, -0.2) is 31.6 Å². The summed E-state index contributed by atoms with van der Waals surface area (Å²) in [5.41, 5.74) is 11.1. The fraction of sp³-hybridized carbons (Fsp3) is 0.235. The Morgan fingerprint density at radius 1 is 1.10 bits per heavy atom. The molecule has 2 aromatic rings. The van der Waals surface area contributed by atoms with Crippen LogP contribution in [-0.2, 0) is 6.42 Å². The van der Waals surface area contributed by atoms with Gasteiger partial charge in [-0.3, -0.25) is 4.99 Å². The minimum Gasteiger partial charge on any atom is -0.497 e. The van der Waals surface area contributed by atoms with Crippen molar-refractivity contribution in [2.45, 2.75) is 6.42 Å². The fourth-order valence-electron chi connectivity index (χ4n) is 2.38. The number of rotatable bonds is 2. The van der Waals surface area contributed by atoms with Crippen LogP contribution >= 0.6 is 0 Å². The van der Waals surface area contributed by atoms with E-state index in [1.165, 1.54) is 5.56 Å². The highest BCUT2D eigenvalue weighted by molar-refractivity contribution is 6.14. The van der Waals surface area contributed by atoms with Crippen LogP contribution in [0.2, 0.25) is 0 Å². The number of anilines is 1. The van der Waals surface area contributed by atoms with Gasteiger partial charge >= 0.3 is 0 Å². The average molecular weight is 284 g/mol. The maximum Gasteiger partial charge on any atom is 0.119 e. The number of methoxy groups -OCH3 is 1. The number of aliphatic imine (C=N–C) groups is 1. The Kier molecular flexibility index (Phi) is 4.95. The molecule has 0 amide bonds. The van der Waals surface area contributed by atoms with Gasteiger partial charge in [-0.1, -0.05) is 18.2 Å². The third-order valence-electron chi connectivity index (χ3n) is 3.41. The number of hydrogen-bond donors (Lipinski definition) is 2. The van der Waals surface area contributed by atoms with Gasteiger partial charge in [-0.25, -0.2) is 0 Å². The lowest BCUT2D eigenvalue weighted by molar-refractivity contribution is 0.399. The highest BCUT2D eigenvalue weighted by Gasteiger charge is 2.16. The third-order valence-corrected chi connectivity index (χ3v) is 3.41. The molecule has 4 nitrogen and oxygen atoms in total.